The van der Waals surface area contributed by atoms with Gasteiger partial charge in [-0.3, -0.25) is 0 Å². The monoisotopic (exact) mass is 446 g/mol. The lowest BCUT2D eigenvalue weighted by Crippen LogP contribution is -2.08. The van der Waals surface area contributed by atoms with E-state index in [1.165, 1.54) is 11.1 Å². The topological polar surface area (TPSA) is 90.1 Å². The number of H-pyrrole nitrogens is 1. The second kappa shape index (κ2) is 10.1. The maximum Gasteiger partial charge on any atom is 0.196 e. The van der Waals surface area contributed by atoms with E-state index in [4.69, 9.17) is 10.1 Å². The fourth-order valence-electron chi connectivity index (χ4n) is 4.01. The van der Waals surface area contributed by atoms with E-state index in [2.05, 4.69) is 101 Å². The zero-order valence-electron chi connectivity index (χ0n) is 20.3. The van der Waals surface area contributed by atoms with E-state index < -0.39 is 0 Å². The molecule has 0 fully saturated rings. The van der Waals surface area contributed by atoms with Gasteiger partial charge in [0.15, 0.2) is 11.6 Å². The first-order chi connectivity index (χ1) is 16.0. The van der Waals surface area contributed by atoms with Gasteiger partial charge in [0.25, 0.3) is 0 Å². The lowest BCUT2D eigenvalue weighted by molar-refractivity contribution is 0.602. The first-order valence-corrected chi connectivity index (χ1v) is 12.0. The Bertz CT molecular complexity index is 1150. The number of unbranched alkanes of at least 4 members (excludes halogenated alkanes) is 1. The van der Waals surface area contributed by atoms with Crippen LogP contribution in [0, 0.1) is 0 Å². The Morgan fingerprint density at radius 1 is 1.03 bits per heavy atom. The predicted octanol–water partition coefficient (Wildman–Crippen LogP) is 5.28. The molecule has 8 nitrogen and oxygen atoms in total. The molecule has 3 aromatic heterocycles. The van der Waals surface area contributed by atoms with Crippen LogP contribution in [-0.4, -0.2) is 40.0 Å². The molecule has 0 aliphatic carbocycles. The summed E-state index contributed by atoms with van der Waals surface area (Å²) in [5.74, 6) is 3.46. The van der Waals surface area contributed by atoms with Crippen LogP contribution in [0.15, 0.2) is 36.5 Å². The number of hydrogen-bond donors (Lipinski definition) is 1. The Morgan fingerprint density at radius 3 is 2.45 bits per heavy atom. The van der Waals surface area contributed by atoms with Gasteiger partial charge in [-0.05, 0) is 58.5 Å². The SMILES string of the molecule is CCCCc1nc(C(C)CC)nn1Cc1ccc(-n2ccc(C(C)C)c2-c2nnn[nH]2)cc1. The molecule has 4 rings (SSSR count). The van der Waals surface area contributed by atoms with Crippen LogP contribution < -0.4 is 0 Å². The molecule has 0 saturated heterocycles. The summed E-state index contributed by atoms with van der Waals surface area (Å²) in [5, 5.41) is 19.5. The minimum absolute atomic E-state index is 0.360. The van der Waals surface area contributed by atoms with E-state index in [9.17, 15) is 0 Å². The zero-order valence-corrected chi connectivity index (χ0v) is 20.3. The molecule has 3 heterocycles. The van der Waals surface area contributed by atoms with Crippen LogP contribution in [0.1, 0.15) is 88.5 Å². The molecule has 1 unspecified atom stereocenters. The van der Waals surface area contributed by atoms with Crippen LogP contribution in [0.3, 0.4) is 0 Å². The van der Waals surface area contributed by atoms with Crippen LogP contribution in [0.2, 0.25) is 0 Å². The van der Waals surface area contributed by atoms with Gasteiger partial charge in [-0.2, -0.15) is 5.10 Å². The molecule has 0 aliphatic rings. The summed E-state index contributed by atoms with van der Waals surface area (Å²) in [6, 6.07) is 10.8. The predicted molar refractivity (Wildman–Crippen MR) is 129 cm³/mol. The van der Waals surface area contributed by atoms with Gasteiger partial charge < -0.3 is 4.57 Å². The minimum Gasteiger partial charge on any atom is -0.314 e. The van der Waals surface area contributed by atoms with Gasteiger partial charge in [0.05, 0.1) is 12.2 Å². The Kier molecular flexibility index (Phi) is 7.01. The molecule has 0 aliphatic heterocycles. The first-order valence-electron chi connectivity index (χ1n) is 12.0. The highest BCUT2D eigenvalue weighted by Crippen LogP contribution is 2.30. The Labute approximate surface area is 195 Å². The molecule has 0 radical (unpaired) electrons. The molecule has 0 saturated carbocycles. The van der Waals surface area contributed by atoms with Gasteiger partial charge in [0.1, 0.15) is 5.82 Å². The second-order valence-electron chi connectivity index (χ2n) is 9.02. The van der Waals surface area contributed by atoms with Crippen molar-refractivity contribution in [3.63, 3.8) is 0 Å². The van der Waals surface area contributed by atoms with Gasteiger partial charge in [-0.1, -0.05) is 53.2 Å². The third kappa shape index (κ3) is 4.89. The lowest BCUT2D eigenvalue weighted by Gasteiger charge is -2.12. The van der Waals surface area contributed by atoms with Crippen molar-refractivity contribution in [2.24, 2.45) is 0 Å². The fraction of sp³-hybridized carbons (Fsp3) is 0.480. The molecular formula is C25H34N8. The fourth-order valence-corrected chi connectivity index (χ4v) is 4.01. The third-order valence-corrected chi connectivity index (χ3v) is 6.23. The van der Waals surface area contributed by atoms with Crippen molar-refractivity contribution in [1.29, 1.82) is 0 Å². The Morgan fingerprint density at radius 2 is 1.82 bits per heavy atom. The summed E-state index contributed by atoms with van der Waals surface area (Å²) in [4.78, 5) is 4.86. The maximum atomic E-state index is 4.86. The second-order valence-corrected chi connectivity index (χ2v) is 9.02. The molecule has 0 amide bonds. The molecule has 1 N–H and O–H groups in total. The standard InChI is InChI=1S/C25H34N8/c1-6-8-9-22-26-24(18(5)7-2)29-33(22)16-19-10-12-20(13-11-19)32-15-14-21(17(3)4)23(32)25-27-30-31-28-25/h10-15,17-18H,6-9,16H2,1-5H3,(H,27,28,30,31). The Balaban J connectivity index is 1.61. The first kappa shape index (κ1) is 22.9. The number of tetrazole rings is 1. The number of nitrogens with one attached hydrogen (secondary N) is 1. The van der Waals surface area contributed by atoms with E-state index in [0.29, 0.717) is 17.7 Å². The summed E-state index contributed by atoms with van der Waals surface area (Å²) in [7, 11) is 0. The van der Waals surface area contributed by atoms with Crippen molar-refractivity contribution < 1.29 is 0 Å². The van der Waals surface area contributed by atoms with E-state index >= 15 is 0 Å². The van der Waals surface area contributed by atoms with Crippen molar-refractivity contribution in [3.05, 3.63) is 59.3 Å². The van der Waals surface area contributed by atoms with Gasteiger partial charge in [0.2, 0.25) is 0 Å². The summed E-state index contributed by atoms with van der Waals surface area (Å²) in [5.41, 5.74) is 4.48. The van der Waals surface area contributed by atoms with Crippen LogP contribution in [0.5, 0.6) is 0 Å². The number of benzene rings is 1. The summed E-state index contributed by atoms with van der Waals surface area (Å²) < 4.78 is 4.23. The van der Waals surface area contributed by atoms with Gasteiger partial charge in [-0.15, -0.1) is 5.10 Å². The van der Waals surface area contributed by atoms with Gasteiger partial charge in [0, 0.05) is 24.2 Å². The smallest absolute Gasteiger partial charge is 0.196 e. The van der Waals surface area contributed by atoms with Crippen LogP contribution in [0.4, 0.5) is 0 Å². The van der Waals surface area contributed by atoms with E-state index in [-0.39, 0.29) is 0 Å². The quantitative estimate of drug-likeness (QED) is 0.358. The number of rotatable bonds is 10. The molecule has 1 aromatic carbocycles. The van der Waals surface area contributed by atoms with Gasteiger partial charge in [-0.25, -0.2) is 14.8 Å². The van der Waals surface area contributed by atoms with E-state index in [0.717, 1.165) is 55.3 Å². The summed E-state index contributed by atoms with van der Waals surface area (Å²) in [6.45, 7) is 11.7. The van der Waals surface area contributed by atoms with Crippen molar-refractivity contribution in [3.8, 4) is 17.2 Å². The van der Waals surface area contributed by atoms with E-state index in [1.54, 1.807) is 0 Å². The average molecular weight is 447 g/mol. The average Bonchev–Trinajstić information content (AvgIpc) is 3.57. The molecule has 1 atom stereocenters. The third-order valence-electron chi connectivity index (χ3n) is 6.23. The zero-order chi connectivity index (χ0) is 23.4. The molecule has 4 aromatic rings. The number of aromatic amines is 1. The molecule has 0 bridgehead atoms. The van der Waals surface area contributed by atoms with Crippen molar-refractivity contribution in [2.45, 2.75) is 78.7 Å². The van der Waals surface area contributed by atoms with Crippen LogP contribution in [0.25, 0.3) is 17.2 Å². The number of hydrogen-bond acceptors (Lipinski definition) is 5. The van der Waals surface area contributed by atoms with Crippen LogP contribution >= 0.6 is 0 Å². The van der Waals surface area contributed by atoms with Crippen LogP contribution in [-0.2, 0) is 13.0 Å². The molecule has 33 heavy (non-hydrogen) atoms. The highest BCUT2D eigenvalue weighted by molar-refractivity contribution is 5.61. The molecular weight excluding hydrogens is 412 g/mol. The summed E-state index contributed by atoms with van der Waals surface area (Å²) in [6.07, 6.45) is 6.38. The number of nitrogens with zero attached hydrogens (tertiary/aromatic N) is 7. The molecule has 0 spiro atoms. The van der Waals surface area contributed by atoms with Gasteiger partial charge >= 0.3 is 0 Å². The molecule has 174 valence electrons. The van der Waals surface area contributed by atoms with E-state index in [1.807, 2.05) is 0 Å². The Hall–Kier alpha value is -3.29. The molecule has 8 heteroatoms. The maximum absolute atomic E-state index is 4.86. The highest BCUT2D eigenvalue weighted by atomic mass is 15.5. The van der Waals surface area contributed by atoms with Crippen molar-refractivity contribution in [2.75, 3.05) is 0 Å². The summed E-state index contributed by atoms with van der Waals surface area (Å²) >= 11 is 0. The minimum atomic E-state index is 0.360. The van der Waals surface area contributed by atoms with Crippen molar-refractivity contribution in [1.82, 2.24) is 40.0 Å². The van der Waals surface area contributed by atoms with Crippen molar-refractivity contribution >= 4 is 0 Å². The number of aromatic nitrogens is 8. The number of aryl methyl sites for hydroxylation is 1. The largest absolute Gasteiger partial charge is 0.314 e. The highest BCUT2D eigenvalue weighted by Gasteiger charge is 2.18. The normalized spacial score (nSPS) is 12.5. The lowest BCUT2D eigenvalue weighted by atomic mass is 10.0.